The van der Waals surface area contributed by atoms with Gasteiger partial charge in [0.25, 0.3) is 0 Å². The molecule has 0 amide bonds. The molecule has 0 aliphatic heterocycles. The van der Waals surface area contributed by atoms with E-state index in [9.17, 15) is 0 Å². The Morgan fingerprint density at radius 3 is 2.43 bits per heavy atom. The van der Waals surface area contributed by atoms with Crippen LogP contribution in [0.1, 0.15) is 22.3 Å². The van der Waals surface area contributed by atoms with E-state index < -0.39 is 0 Å². The van der Waals surface area contributed by atoms with E-state index in [1.165, 1.54) is 27.1 Å². The van der Waals surface area contributed by atoms with E-state index in [1.54, 1.807) is 0 Å². The molecule has 3 heteroatoms. The van der Waals surface area contributed by atoms with E-state index >= 15 is 0 Å². The molecule has 1 unspecified atom stereocenters. The molecule has 0 aliphatic carbocycles. The fourth-order valence-electron chi connectivity index (χ4n) is 2.29. The van der Waals surface area contributed by atoms with Crippen molar-refractivity contribution in [2.24, 2.45) is 5.84 Å². The van der Waals surface area contributed by atoms with Gasteiger partial charge < -0.3 is 0 Å². The number of nitrogens with two attached hydrogens (primary N) is 1. The van der Waals surface area contributed by atoms with Gasteiger partial charge in [-0.25, -0.2) is 0 Å². The normalized spacial score (nSPS) is 12.4. The van der Waals surface area contributed by atoms with Crippen LogP contribution in [0.2, 0.25) is 0 Å². The Morgan fingerprint density at radius 1 is 1.00 bits per heavy atom. The average Bonchev–Trinajstić information content (AvgIpc) is 2.48. The maximum atomic E-state index is 5.73. The second-order valence-corrected chi connectivity index (χ2v) is 6.62. The van der Waals surface area contributed by atoms with Crippen molar-refractivity contribution in [1.82, 2.24) is 5.43 Å². The highest BCUT2D eigenvalue weighted by Crippen LogP contribution is 2.23. The highest BCUT2D eigenvalue weighted by Gasteiger charge is 2.10. The lowest BCUT2D eigenvalue weighted by molar-refractivity contribution is 0.575. The Morgan fingerprint density at radius 2 is 1.76 bits per heavy atom. The van der Waals surface area contributed by atoms with Crippen LogP contribution in [0.3, 0.4) is 0 Å². The first-order valence-electron chi connectivity index (χ1n) is 7.31. The van der Waals surface area contributed by atoms with Crippen LogP contribution in [0.5, 0.6) is 0 Å². The summed E-state index contributed by atoms with van der Waals surface area (Å²) in [6.45, 7) is 6.45. The molecule has 0 fully saturated rings. The summed E-state index contributed by atoms with van der Waals surface area (Å²) in [7, 11) is 0. The summed E-state index contributed by atoms with van der Waals surface area (Å²) >= 11 is 1.86. The highest BCUT2D eigenvalue weighted by atomic mass is 32.2. The van der Waals surface area contributed by atoms with Gasteiger partial charge in [-0.2, -0.15) is 0 Å². The summed E-state index contributed by atoms with van der Waals surface area (Å²) < 4.78 is 0. The van der Waals surface area contributed by atoms with Crippen molar-refractivity contribution in [3.8, 4) is 0 Å². The monoisotopic (exact) mass is 300 g/mol. The number of hydrogen-bond donors (Lipinski definition) is 2. The number of benzene rings is 2. The van der Waals surface area contributed by atoms with Crippen LogP contribution in [-0.4, -0.2) is 11.8 Å². The van der Waals surface area contributed by atoms with Crippen molar-refractivity contribution >= 4 is 11.8 Å². The van der Waals surface area contributed by atoms with Gasteiger partial charge in [0.2, 0.25) is 0 Å². The topological polar surface area (TPSA) is 38.0 Å². The van der Waals surface area contributed by atoms with Gasteiger partial charge in [0.1, 0.15) is 0 Å². The van der Waals surface area contributed by atoms with Crippen molar-refractivity contribution in [1.29, 1.82) is 0 Å². The first kappa shape index (κ1) is 16.1. The van der Waals surface area contributed by atoms with Crippen molar-refractivity contribution in [2.75, 3.05) is 5.75 Å². The predicted molar refractivity (Wildman–Crippen MR) is 92.6 cm³/mol. The van der Waals surface area contributed by atoms with E-state index in [-0.39, 0.29) is 6.04 Å². The number of aryl methyl sites for hydroxylation is 3. The van der Waals surface area contributed by atoms with E-state index in [1.807, 2.05) is 11.8 Å². The fourth-order valence-corrected chi connectivity index (χ4v) is 3.36. The molecule has 0 spiro atoms. The molecule has 3 N–H and O–H groups in total. The van der Waals surface area contributed by atoms with Crippen molar-refractivity contribution in [2.45, 2.75) is 38.1 Å². The van der Waals surface area contributed by atoms with Crippen LogP contribution < -0.4 is 11.3 Å². The first-order chi connectivity index (χ1) is 10.1. The standard InChI is InChI=1S/C18H24N2S/c1-13-8-9-16(10-15(13)3)11-17(20-19)12-21-18-7-5-4-6-14(18)2/h4-10,17,20H,11-12,19H2,1-3H3. The third-order valence-corrected chi connectivity index (χ3v) is 5.16. The van der Waals surface area contributed by atoms with Crippen LogP contribution in [0, 0.1) is 20.8 Å². The Labute approximate surface area is 132 Å². The smallest absolute Gasteiger partial charge is 0.0344 e. The summed E-state index contributed by atoms with van der Waals surface area (Å²) in [6.07, 6.45) is 0.955. The zero-order valence-electron chi connectivity index (χ0n) is 13.0. The first-order valence-corrected chi connectivity index (χ1v) is 8.29. The quantitative estimate of drug-likeness (QED) is 0.484. The molecule has 0 bridgehead atoms. The molecule has 2 nitrogen and oxygen atoms in total. The maximum absolute atomic E-state index is 5.73. The van der Waals surface area contributed by atoms with Crippen LogP contribution >= 0.6 is 11.8 Å². The number of hydrogen-bond acceptors (Lipinski definition) is 3. The number of rotatable bonds is 6. The van der Waals surface area contributed by atoms with Gasteiger partial charge in [0.05, 0.1) is 0 Å². The van der Waals surface area contributed by atoms with Crippen LogP contribution in [0.25, 0.3) is 0 Å². The van der Waals surface area contributed by atoms with E-state index in [0.717, 1.165) is 12.2 Å². The Kier molecular flexibility index (Phi) is 5.85. The maximum Gasteiger partial charge on any atom is 0.0344 e. The Hall–Kier alpha value is -1.29. The van der Waals surface area contributed by atoms with Gasteiger partial charge >= 0.3 is 0 Å². The Bertz CT molecular complexity index is 596. The molecular weight excluding hydrogens is 276 g/mol. The summed E-state index contributed by atoms with van der Waals surface area (Å²) in [5.74, 6) is 6.69. The summed E-state index contributed by atoms with van der Waals surface area (Å²) in [6, 6.07) is 15.4. The number of nitrogens with one attached hydrogen (secondary N) is 1. The van der Waals surface area contributed by atoms with Crippen LogP contribution in [-0.2, 0) is 6.42 Å². The molecule has 112 valence electrons. The minimum Gasteiger partial charge on any atom is -0.271 e. The molecule has 0 heterocycles. The van der Waals surface area contributed by atoms with Gasteiger partial charge in [0, 0.05) is 16.7 Å². The molecule has 2 aromatic carbocycles. The minimum absolute atomic E-state index is 0.275. The zero-order valence-corrected chi connectivity index (χ0v) is 13.8. The SMILES string of the molecule is Cc1ccc(CC(CSc2ccccc2C)NN)cc1C. The molecule has 2 rings (SSSR count). The summed E-state index contributed by atoms with van der Waals surface area (Å²) in [5.41, 5.74) is 8.30. The van der Waals surface area contributed by atoms with Crippen LogP contribution in [0.4, 0.5) is 0 Å². The minimum atomic E-state index is 0.275. The van der Waals surface area contributed by atoms with Gasteiger partial charge in [0.15, 0.2) is 0 Å². The lowest BCUT2D eigenvalue weighted by atomic mass is 10.0. The second-order valence-electron chi connectivity index (χ2n) is 5.56. The lowest BCUT2D eigenvalue weighted by Crippen LogP contribution is -2.38. The molecule has 0 aliphatic rings. The molecular formula is C18H24N2S. The summed E-state index contributed by atoms with van der Waals surface area (Å²) in [5, 5.41) is 0. The molecule has 1 atom stereocenters. The lowest BCUT2D eigenvalue weighted by Gasteiger charge is -2.17. The second kappa shape index (κ2) is 7.64. The average molecular weight is 300 g/mol. The highest BCUT2D eigenvalue weighted by molar-refractivity contribution is 7.99. The van der Waals surface area contributed by atoms with Gasteiger partial charge in [-0.3, -0.25) is 11.3 Å². The molecule has 0 saturated heterocycles. The van der Waals surface area contributed by atoms with Crippen molar-refractivity contribution in [3.63, 3.8) is 0 Å². The van der Waals surface area contributed by atoms with Gasteiger partial charge in [-0.05, 0) is 55.5 Å². The predicted octanol–water partition coefficient (Wildman–Crippen LogP) is 3.78. The third kappa shape index (κ3) is 4.60. The largest absolute Gasteiger partial charge is 0.271 e. The zero-order chi connectivity index (χ0) is 15.2. The third-order valence-electron chi connectivity index (χ3n) is 3.82. The van der Waals surface area contributed by atoms with E-state index in [2.05, 4.69) is 68.7 Å². The van der Waals surface area contributed by atoms with Gasteiger partial charge in [-0.15, -0.1) is 11.8 Å². The Balaban J connectivity index is 1.97. The molecule has 0 aromatic heterocycles. The number of thioether (sulfide) groups is 1. The fraction of sp³-hybridized carbons (Fsp3) is 0.333. The molecule has 0 radical (unpaired) electrons. The molecule has 2 aromatic rings. The van der Waals surface area contributed by atoms with E-state index in [0.29, 0.717) is 0 Å². The van der Waals surface area contributed by atoms with E-state index in [4.69, 9.17) is 5.84 Å². The molecule has 0 saturated carbocycles. The number of hydrazine groups is 1. The van der Waals surface area contributed by atoms with Crippen molar-refractivity contribution in [3.05, 3.63) is 64.7 Å². The summed E-state index contributed by atoms with van der Waals surface area (Å²) in [4.78, 5) is 1.33. The van der Waals surface area contributed by atoms with Gasteiger partial charge in [-0.1, -0.05) is 36.4 Å². The van der Waals surface area contributed by atoms with Crippen LogP contribution in [0.15, 0.2) is 47.4 Å². The van der Waals surface area contributed by atoms with Crippen molar-refractivity contribution < 1.29 is 0 Å². The molecule has 21 heavy (non-hydrogen) atoms.